The minimum Gasteiger partial charge on any atom is -0.494 e. The van der Waals surface area contributed by atoms with Crippen molar-refractivity contribution in [2.24, 2.45) is 5.73 Å². The second-order valence-corrected chi connectivity index (χ2v) is 5.79. The van der Waals surface area contributed by atoms with Crippen LogP contribution in [0, 0.1) is 0 Å². The number of benzene rings is 2. The predicted octanol–water partition coefficient (Wildman–Crippen LogP) is 4.01. The van der Waals surface area contributed by atoms with Crippen molar-refractivity contribution in [2.75, 3.05) is 6.61 Å². The highest BCUT2D eigenvalue weighted by Gasteiger charge is 2.32. The van der Waals surface area contributed by atoms with Crippen molar-refractivity contribution >= 4 is 0 Å². The molecule has 0 aliphatic heterocycles. The first-order valence-corrected chi connectivity index (χ1v) is 7.84. The second-order valence-electron chi connectivity index (χ2n) is 5.79. The summed E-state index contributed by atoms with van der Waals surface area (Å²) in [4.78, 5) is 0. The molecule has 0 saturated heterocycles. The lowest BCUT2D eigenvalue weighted by molar-refractivity contribution is 0.340. The number of fused-ring (bicyclic) bond motifs is 1. The SMILES string of the molecule is CCOc1ccc(C2(N)CCCCc3ccccc32)cc1. The summed E-state index contributed by atoms with van der Waals surface area (Å²) >= 11 is 0. The molecule has 0 amide bonds. The third-order valence-electron chi connectivity index (χ3n) is 4.45. The van der Waals surface area contributed by atoms with E-state index in [9.17, 15) is 0 Å². The Bertz CT molecular complexity index is 605. The van der Waals surface area contributed by atoms with Gasteiger partial charge in [-0.15, -0.1) is 0 Å². The van der Waals surface area contributed by atoms with Crippen molar-refractivity contribution in [1.82, 2.24) is 0 Å². The first-order valence-electron chi connectivity index (χ1n) is 7.84. The van der Waals surface area contributed by atoms with Crippen molar-refractivity contribution in [3.8, 4) is 5.75 Å². The molecule has 0 fully saturated rings. The highest BCUT2D eigenvalue weighted by atomic mass is 16.5. The lowest BCUT2D eigenvalue weighted by Gasteiger charge is -2.31. The Balaban J connectivity index is 2.02. The third-order valence-corrected chi connectivity index (χ3v) is 4.45. The van der Waals surface area contributed by atoms with Crippen LogP contribution in [0.4, 0.5) is 0 Å². The Kier molecular flexibility index (Phi) is 3.98. The summed E-state index contributed by atoms with van der Waals surface area (Å²) in [6.07, 6.45) is 4.51. The van der Waals surface area contributed by atoms with E-state index >= 15 is 0 Å². The smallest absolute Gasteiger partial charge is 0.119 e. The van der Waals surface area contributed by atoms with E-state index in [-0.39, 0.29) is 5.54 Å². The first kappa shape index (κ1) is 14.2. The largest absolute Gasteiger partial charge is 0.494 e. The van der Waals surface area contributed by atoms with Gasteiger partial charge in [0.05, 0.1) is 12.1 Å². The van der Waals surface area contributed by atoms with Crippen LogP contribution in [0.3, 0.4) is 0 Å². The van der Waals surface area contributed by atoms with Gasteiger partial charge in [0.2, 0.25) is 0 Å². The molecule has 2 N–H and O–H groups in total. The molecule has 2 aromatic rings. The van der Waals surface area contributed by atoms with Crippen LogP contribution in [-0.2, 0) is 12.0 Å². The van der Waals surface area contributed by atoms with Crippen LogP contribution in [0.25, 0.3) is 0 Å². The van der Waals surface area contributed by atoms with Gasteiger partial charge in [0, 0.05) is 0 Å². The third kappa shape index (κ3) is 2.68. The highest BCUT2D eigenvalue weighted by molar-refractivity contribution is 5.44. The molecule has 1 atom stereocenters. The van der Waals surface area contributed by atoms with Gasteiger partial charge in [-0.2, -0.15) is 0 Å². The van der Waals surface area contributed by atoms with Gasteiger partial charge in [-0.3, -0.25) is 0 Å². The molecule has 2 aromatic carbocycles. The number of aryl methyl sites for hydroxylation is 1. The Morgan fingerprint density at radius 3 is 2.57 bits per heavy atom. The van der Waals surface area contributed by atoms with Crippen LogP contribution in [0.1, 0.15) is 42.9 Å². The fourth-order valence-electron chi connectivity index (χ4n) is 3.34. The number of hydrogen-bond acceptors (Lipinski definition) is 2. The molecule has 0 saturated carbocycles. The zero-order chi connectivity index (χ0) is 14.7. The fourth-order valence-corrected chi connectivity index (χ4v) is 3.34. The normalized spacial score (nSPS) is 21.4. The zero-order valence-corrected chi connectivity index (χ0v) is 12.6. The maximum Gasteiger partial charge on any atom is 0.119 e. The van der Waals surface area contributed by atoms with Gasteiger partial charge in [0.1, 0.15) is 5.75 Å². The fraction of sp³-hybridized carbons (Fsp3) is 0.368. The lowest BCUT2D eigenvalue weighted by atomic mass is 9.79. The highest BCUT2D eigenvalue weighted by Crippen LogP contribution is 2.37. The molecular weight excluding hydrogens is 258 g/mol. The molecule has 2 nitrogen and oxygen atoms in total. The van der Waals surface area contributed by atoms with Crippen molar-refractivity contribution < 1.29 is 4.74 Å². The average Bonchev–Trinajstić information content (AvgIpc) is 2.69. The molecule has 1 aliphatic carbocycles. The summed E-state index contributed by atoms with van der Waals surface area (Å²) in [6, 6.07) is 16.9. The van der Waals surface area contributed by atoms with Crippen molar-refractivity contribution in [1.29, 1.82) is 0 Å². The van der Waals surface area contributed by atoms with E-state index in [4.69, 9.17) is 10.5 Å². The van der Waals surface area contributed by atoms with E-state index in [1.54, 1.807) is 0 Å². The van der Waals surface area contributed by atoms with E-state index in [2.05, 4.69) is 36.4 Å². The summed E-state index contributed by atoms with van der Waals surface area (Å²) < 4.78 is 5.53. The molecule has 1 aliphatic rings. The molecule has 0 bridgehead atoms. The number of rotatable bonds is 3. The minimum absolute atomic E-state index is 0.377. The first-order chi connectivity index (χ1) is 10.2. The quantitative estimate of drug-likeness (QED) is 0.863. The molecular formula is C19H23NO. The van der Waals surface area contributed by atoms with Crippen LogP contribution in [-0.4, -0.2) is 6.61 Å². The van der Waals surface area contributed by atoms with E-state index in [0.29, 0.717) is 6.61 Å². The van der Waals surface area contributed by atoms with Crippen molar-refractivity contribution in [2.45, 2.75) is 38.1 Å². The molecule has 0 aromatic heterocycles. The molecule has 2 heteroatoms. The average molecular weight is 281 g/mol. The number of hydrogen-bond donors (Lipinski definition) is 1. The van der Waals surface area contributed by atoms with Gasteiger partial charge in [-0.1, -0.05) is 42.8 Å². The van der Waals surface area contributed by atoms with E-state index in [1.165, 1.54) is 29.5 Å². The standard InChI is InChI=1S/C19H23NO/c1-2-21-17-12-10-16(11-13-17)19(20)14-6-5-8-15-7-3-4-9-18(15)19/h3-4,7,9-13H,2,5-6,8,14,20H2,1H3. The molecule has 0 heterocycles. The van der Waals surface area contributed by atoms with Gasteiger partial charge in [0.25, 0.3) is 0 Å². The monoisotopic (exact) mass is 281 g/mol. The van der Waals surface area contributed by atoms with Crippen LogP contribution in [0.2, 0.25) is 0 Å². The number of ether oxygens (including phenoxy) is 1. The van der Waals surface area contributed by atoms with Gasteiger partial charge in [-0.05, 0) is 55.0 Å². The minimum atomic E-state index is -0.377. The summed E-state index contributed by atoms with van der Waals surface area (Å²) in [7, 11) is 0. The Labute approximate surface area is 126 Å². The van der Waals surface area contributed by atoms with Crippen LogP contribution in [0.5, 0.6) is 5.75 Å². The van der Waals surface area contributed by atoms with Gasteiger partial charge < -0.3 is 10.5 Å². The predicted molar refractivity (Wildman–Crippen MR) is 86.6 cm³/mol. The van der Waals surface area contributed by atoms with Crippen molar-refractivity contribution in [3.63, 3.8) is 0 Å². The van der Waals surface area contributed by atoms with Crippen LogP contribution in [0.15, 0.2) is 48.5 Å². The Hall–Kier alpha value is -1.80. The molecule has 110 valence electrons. The Morgan fingerprint density at radius 2 is 1.81 bits per heavy atom. The van der Waals surface area contributed by atoms with Crippen LogP contribution < -0.4 is 10.5 Å². The molecule has 0 spiro atoms. The summed E-state index contributed by atoms with van der Waals surface area (Å²) in [6.45, 7) is 2.69. The van der Waals surface area contributed by atoms with Crippen molar-refractivity contribution in [3.05, 3.63) is 65.2 Å². The van der Waals surface area contributed by atoms with Gasteiger partial charge in [-0.25, -0.2) is 0 Å². The van der Waals surface area contributed by atoms with Gasteiger partial charge >= 0.3 is 0 Å². The summed E-state index contributed by atoms with van der Waals surface area (Å²) in [5.41, 5.74) is 10.4. The Morgan fingerprint density at radius 1 is 1.05 bits per heavy atom. The molecule has 3 rings (SSSR count). The topological polar surface area (TPSA) is 35.2 Å². The number of nitrogens with two attached hydrogens (primary N) is 1. The van der Waals surface area contributed by atoms with E-state index in [1.807, 2.05) is 19.1 Å². The second kappa shape index (κ2) is 5.90. The van der Waals surface area contributed by atoms with E-state index < -0.39 is 0 Å². The molecule has 21 heavy (non-hydrogen) atoms. The zero-order valence-electron chi connectivity index (χ0n) is 12.6. The molecule has 1 unspecified atom stereocenters. The van der Waals surface area contributed by atoms with Crippen LogP contribution >= 0.6 is 0 Å². The van der Waals surface area contributed by atoms with Gasteiger partial charge in [0.15, 0.2) is 0 Å². The molecule has 0 radical (unpaired) electrons. The summed E-state index contributed by atoms with van der Waals surface area (Å²) in [5, 5.41) is 0. The maximum atomic E-state index is 6.88. The van der Waals surface area contributed by atoms with E-state index in [0.717, 1.165) is 18.6 Å². The lowest BCUT2D eigenvalue weighted by Crippen LogP contribution is -2.38. The summed E-state index contributed by atoms with van der Waals surface area (Å²) in [5.74, 6) is 0.909. The maximum absolute atomic E-state index is 6.88.